The van der Waals surface area contributed by atoms with Crippen LogP contribution in [0.5, 0.6) is 11.5 Å². The Morgan fingerprint density at radius 2 is 1.81 bits per heavy atom. The van der Waals surface area contributed by atoms with Gasteiger partial charge < -0.3 is 14.8 Å². The summed E-state index contributed by atoms with van der Waals surface area (Å²) in [7, 11) is -3.80. The summed E-state index contributed by atoms with van der Waals surface area (Å²) in [5.41, 5.74) is 0.0153. The maximum Gasteiger partial charge on any atom is 0.258 e. The Labute approximate surface area is 156 Å². The SMILES string of the molecule is CCN(CC)S(=O)(=O)c1ccc(F)c(C(=O)Nc2ccc3c(c2)OCO3)c1. The summed E-state index contributed by atoms with van der Waals surface area (Å²) in [5, 5.41) is 2.54. The monoisotopic (exact) mass is 394 g/mol. The molecule has 0 aromatic heterocycles. The smallest absolute Gasteiger partial charge is 0.258 e. The summed E-state index contributed by atoms with van der Waals surface area (Å²) < 4.78 is 51.1. The molecule has 3 rings (SSSR count). The van der Waals surface area contributed by atoms with Crippen LogP contribution >= 0.6 is 0 Å². The van der Waals surface area contributed by atoms with E-state index >= 15 is 0 Å². The number of hydrogen-bond donors (Lipinski definition) is 1. The Morgan fingerprint density at radius 1 is 1.11 bits per heavy atom. The van der Waals surface area contributed by atoms with Crippen molar-refractivity contribution in [3.63, 3.8) is 0 Å². The van der Waals surface area contributed by atoms with Gasteiger partial charge in [-0.25, -0.2) is 12.8 Å². The van der Waals surface area contributed by atoms with Gasteiger partial charge in [-0.05, 0) is 30.3 Å². The van der Waals surface area contributed by atoms with Gasteiger partial charge in [0.05, 0.1) is 10.5 Å². The number of amides is 1. The van der Waals surface area contributed by atoms with Crippen molar-refractivity contribution in [2.75, 3.05) is 25.2 Å². The van der Waals surface area contributed by atoms with E-state index in [1.165, 1.54) is 4.31 Å². The van der Waals surface area contributed by atoms with Crippen molar-refractivity contribution in [2.24, 2.45) is 0 Å². The van der Waals surface area contributed by atoms with Gasteiger partial charge in [-0.15, -0.1) is 0 Å². The van der Waals surface area contributed by atoms with E-state index in [9.17, 15) is 17.6 Å². The molecule has 1 aliphatic rings. The van der Waals surface area contributed by atoms with Gasteiger partial charge in [0.15, 0.2) is 11.5 Å². The van der Waals surface area contributed by atoms with Crippen molar-refractivity contribution in [1.29, 1.82) is 0 Å². The Balaban J connectivity index is 1.89. The summed E-state index contributed by atoms with van der Waals surface area (Å²) in [6.07, 6.45) is 0. The number of hydrogen-bond acceptors (Lipinski definition) is 5. The van der Waals surface area contributed by atoms with Crippen LogP contribution in [-0.4, -0.2) is 38.5 Å². The molecular formula is C18H19FN2O5S. The van der Waals surface area contributed by atoms with Crippen LogP contribution in [-0.2, 0) is 10.0 Å². The molecule has 1 heterocycles. The maximum absolute atomic E-state index is 14.2. The molecule has 2 aromatic rings. The van der Waals surface area contributed by atoms with Crippen LogP contribution < -0.4 is 14.8 Å². The maximum atomic E-state index is 14.2. The van der Waals surface area contributed by atoms with E-state index in [4.69, 9.17) is 9.47 Å². The van der Waals surface area contributed by atoms with E-state index in [1.807, 2.05) is 0 Å². The number of rotatable bonds is 6. The molecule has 1 N–H and O–H groups in total. The molecule has 0 saturated carbocycles. The molecule has 7 nitrogen and oxygen atoms in total. The molecule has 0 saturated heterocycles. The van der Waals surface area contributed by atoms with Crippen LogP contribution in [0.4, 0.5) is 10.1 Å². The molecule has 0 unspecified atom stereocenters. The molecule has 0 fully saturated rings. The summed E-state index contributed by atoms with van der Waals surface area (Å²) in [6, 6.07) is 7.93. The van der Waals surface area contributed by atoms with E-state index in [1.54, 1.807) is 32.0 Å². The second-order valence-corrected chi connectivity index (χ2v) is 7.69. The number of halogens is 1. The number of carbonyl (C=O) groups is 1. The molecule has 1 aliphatic heterocycles. The minimum Gasteiger partial charge on any atom is -0.454 e. The summed E-state index contributed by atoms with van der Waals surface area (Å²) in [5.74, 6) is -0.563. The zero-order valence-electron chi connectivity index (χ0n) is 14.9. The number of nitrogens with one attached hydrogen (secondary N) is 1. The lowest BCUT2D eigenvalue weighted by Crippen LogP contribution is -2.31. The van der Waals surface area contributed by atoms with Crippen LogP contribution in [0.15, 0.2) is 41.3 Å². The zero-order chi connectivity index (χ0) is 19.6. The predicted octanol–water partition coefficient (Wildman–Crippen LogP) is 2.84. The summed E-state index contributed by atoms with van der Waals surface area (Å²) in [4.78, 5) is 12.4. The molecule has 144 valence electrons. The van der Waals surface area contributed by atoms with Gasteiger partial charge >= 0.3 is 0 Å². The Bertz CT molecular complexity index is 974. The first-order valence-corrected chi connectivity index (χ1v) is 9.81. The fourth-order valence-electron chi connectivity index (χ4n) is 2.72. The van der Waals surface area contributed by atoms with Gasteiger partial charge in [0.25, 0.3) is 5.91 Å². The average molecular weight is 394 g/mol. The molecule has 9 heteroatoms. The van der Waals surface area contributed by atoms with Gasteiger partial charge in [-0.2, -0.15) is 4.31 Å². The quantitative estimate of drug-likeness (QED) is 0.814. The van der Waals surface area contributed by atoms with Gasteiger partial charge in [-0.1, -0.05) is 13.8 Å². The molecule has 1 amide bonds. The highest BCUT2D eigenvalue weighted by atomic mass is 32.2. The second-order valence-electron chi connectivity index (χ2n) is 5.75. The third-order valence-electron chi connectivity index (χ3n) is 4.16. The van der Waals surface area contributed by atoms with Gasteiger partial charge in [-0.3, -0.25) is 4.79 Å². The third-order valence-corrected chi connectivity index (χ3v) is 6.20. The van der Waals surface area contributed by atoms with Gasteiger partial charge in [0, 0.05) is 24.8 Å². The van der Waals surface area contributed by atoms with Crippen molar-refractivity contribution >= 4 is 21.6 Å². The molecule has 0 spiro atoms. The lowest BCUT2D eigenvalue weighted by Gasteiger charge is -2.19. The summed E-state index contributed by atoms with van der Waals surface area (Å²) in [6.45, 7) is 4.05. The van der Waals surface area contributed by atoms with Gasteiger partial charge in [0.1, 0.15) is 5.82 Å². The fraction of sp³-hybridized carbons (Fsp3) is 0.278. The minimum atomic E-state index is -3.80. The third kappa shape index (κ3) is 3.74. The highest BCUT2D eigenvalue weighted by molar-refractivity contribution is 7.89. The molecular weight excluding hydrogens is 375 g/mol. The molecule has 0 bridgehead atoms. The highest BCUT2D eigenvalue weighted by Gasteiger charge is 2.24. The van der Waals surface area contributed by atoms with Crippen molar-refractivity contribution in [1.82, 2.24) is 4.31 Å². The zero-order valence-corrected chi connectivity index (χ0v) is 15.7. The molecule has 0 atom stereocenters. The first-order chi connectivity index (χ1) is 12.9. The van der Waals surface area contributed by atoms with E-state index in [2.05, 4.69) is 5.32 Å². The van der Waals surface area contributed by atoms with Crippen molar-refractivity contribution in [2.45, 2.75) is 18.7 Å². The largest absolute Gasteiger partial charge is 0.454 e. The minimum absolute atomic E-state index is 0.0899. The molecule has 2 aromatic carbocycles. The number of nitrogens with zero attached hydrogens (tertiary/aromatic N) is 1. The molecule has 0 aliphatic carbocycles. The first kappa shape index (κ1) is 19.1. The van der Waals surface area contributed by atoms with Crippen LogP contribution in [0, 0.1) is 5.82 Å². The normalized spacial score (nSPS) is 13.0. The standard InChI is InChI=1S/C18H19FN2O5S/c1-3-21(4-2)27(23,24)13-6-7-15(19)14(10-13)18(22)20-12-5-8-16-17(9-12)26-11-25-16/h5-10H,3-4,11H2,1-2H3,(H,20,22). The van der Waals surface area contributed by atoms with Crippen LogP contribution in [0.2, 0.25) is 0 Å². The average Bonchev–Trinajstić information content (AvgIpc) is 3.10. The van der Waals surface area contributed by atoms with Crippen LogP contribution in [0.25, 0.3) is 0 Å². The first-order valence-electron chi connectivity index (χ1n) is 8.37. The second kappa shape index (κ2) is 7.53. The van der Waals surface area contributed by atoms with E-state index in [-0.39, 0.29) is 30.3 Å². The topological polar surface area (TPSA) is 84.9 Å². The van der Waals surface area contributed by atoms with Crippen molar-refractivity contribution < 1.29 is 27.1 Å². The fourth-order valence-corrected chi connectivity index (χ4v) is 4.21. The van der Waals surface area contributed by atoms with Crippen LogP contribution in [0.3, 0.4) is 0 Å². The number of benzene rings is 2. The number of anilines is 1. The van der Waals surface area contributed by atoms with Crippen LogP contribution in [0.1, 0.15) is 24.2 Å². The Morgan fingerprint density at radius 3 is 2.52 bits per heavy atom. The predicted molar refractivity (Wildman–Crippen MR) is 97.0 cm³/mol. The number of fused-ring (bicyclic) bond motifs is 1. The Kier molecular flexibility index (Phi) is 5.33. The van der Waals surface area contributed by atoms with Crippen molar-refractivity contribution in [3.8, 4) is 11.5 Å². The van der Waals surface area contributed by atoms with E-state index < -0.39 is 21.7 Å². The lowest BCUT2D eigenvalue weighted by atomic mass is 10.2. The molecule has 0 radical (unpaired) electrons. The van der Waals surface area contributed by atoms with E-state index in [0.29, 0.717) is 17.2 Å². The van der Waals surface area contributed by atoms with E-state index in [0.717, 1.165) is 18.2 Å². The number of carbonyl (C=O) groups excluding carboxylic acids is 1. The number of sulfonamides is 1. The van der Waals surface area contributed by atoms with Crippen molar-refractivity contribution in [3.05, 3.63) is 47.8 Å². The summed E-state index contributed by atoms with van der Waals surface area (Å²) >= 11 is 0. The Hall–Kier alpha value is -2.65. The van der Waals surface area contributed by atoms with Gasteiger partial charge in [0.2, 0.25) is 16.8 Å². The molecule has 27 heavy (non-hydrogen) atoms. The highest BCUT2D eigenvalue weighted by Crippen LogP contribution is 2.34. The number of ether oxygens (including phenoxy) is 2. The lowest BCUT2D eigenvalue weighted by molar-refractivity contribution is 0.102.